The van der Waals surface area contributed by atoms with Crippen molar-refractivity contribution in [3.63, 3.8) is 0 Å². The summed E-state index contributed by atoms with van der Waals surface area (Å²) in [7, 11) is 0. The Kier molecular flexibility index (Phi) is 4.75. The van der Waals surface area contributed by atoms with Gasteiger partial charge in [0, 0.05) is 32.0 Å². The van der Waals surface area contributed by atoms with Crippen LogP contribution in [-0.2, 0) is 0 Å². The third kappa shape index (κ3) is 3.17. The first-order valence-corrected chi connectivity index (χ1v) is 6.78. The van der Waals surface area contributed by atoms with E-state index in [0.717, 1.165) is 25.2 Å². The highest BCUT2D eigenvalue weighted by Gasteiger charge is 2.12. The Morgan fingerprint density at radius 2 is 1.70 bits per heavy atom. The van der Waals surface area contributed by atoms with Gasteiger partial charge in [-0.25, -0.2) is 9.97 Å². The van der Waals surface area contributed by atoms with Gasteiger partial charge in [0.1, 0.15) is 6.33 Å². The third-order valence-electron chi connectivity index (χ3n) is 2.82. The molecule has 0 atom stereocenters. The summed E-state index contributed by atoms with van der Waals surface area (Å²) in [6, 6.07) is 0. The molecule has 0 saturated heterocycles. The van der Waals surface area contributed by atoms with Gasteiger partial charge in [0.25, 0.3) is 0 Å². The highest BCUT2D eigenvalue weighted by molar-refractivity contribution is 5.56. The number of rotatable bonds is 6. The molecule has 0 saturated carbocycles. The van der Waals surface area contributed by atoms with E-state index < -0.39 is 0 Å². The summed E-state index contributed by atoms with van der Waals surface area (Å²) in [5.74, 6) is 1.82. The molecule has 1 N–H and O–H groups in total. The zero-order valence-corrected chi connectivity index (χ0v) is 12.0. The van der Waals surface area contributed by atoms with Gasteiger partial charge in [-0.1, -0.05) is 0 Å². The molecule has 0 aliphatic carbocycles. The van der Waals surface area contributed by atoms with Gasteiger partial charge < -0.3 is 10.2 Å². The number of hydrogen-bond donors (Lipinski definition) is 1. The van der Waals surface area contributed by atoms with E-state index in [0.29, 0.717) is 17.7 Å². The Morgan fingerprint density at radius 1 is 1.00 bits per heavy atom. The molecule has 0 bridgehead atoms. The molecule has 0 amide bonds. The minimum atomic E-state index is 0.572. The normalized spacial score (nSPS) is 10.3. The van der Waals surface area contributed by atoms with Gasteiger partial charge in [0.2, 0.25) is 11.9 Å². The van der Waals surface area contributed by atoms with Crippen LogP contribution in [0.5, 0.6) is 0 Å². The molecule has 2 aromatic heterocycles. The molecule has 0 spiro atoms. The van der Waals surface area contributed by atoms with Crippen LogP contribution in [-0.4, -0.2) is 44.6 Å². The van der Waals surface area contributed by atoms with Crippen molar-refractivity contribution in [2.24, 2.45) is 0 Å². The SMILES string of the molecule is CCNc1nc(-c2cncnc2)nc(N(CC)CC)n1. The summed E-state index contributed by atoms with van der Waals surface area (Å²) in [6.07, 6.45) is 4.88. The van der Waals surface area contributed by atoms with Crippen molar-refractivity contribution in [3.05, 3.63) is 18.7 Å². The van der Waals surface area contributed by atoms with Crippen molar-refractivity contribution < 1.29 is 0 Å². The molecular formula is C13H19N7. The zero-order valence-electron chi connectivity index (χ0n) is 12.0. The number of aromatic nitrogens is 5. The second-order valence-corrected chi connectivity index (χ2v) is 4.11. The van der Waals surface area contributed by atoms with Crippen LogP contribution in [0.4, 0.5) is 11.9 Å². The average molecular weight is 273 g/mol. The van der Waals surface area contributed by atoms with Crippen LogP contribution in [0.1, 0.15) is 20.8 Å². The fourth-order valence-corrected chi connectivity index (χ4v) is 1.79. The van der Waals surface area contributed by atoms with E-state index in [1.807, 2.05) is 6.92 Å². The fraction of sp³-hybridized carbons (Fsp3) is 0.462. The standard InChI is InChI=1S/C13H19N7/c1-4-16-12-17-11(10-7-14-9-15-8-10)18-13(19-12)20(5-2)6-3/h7-9H,4-6H2,1-3H3,(H,16,17,18,19). The van der Waals surface area contributed by atoms with Gasteiger partial charge in [-0.05, 0) is 20.8 Å². The summed E-state index contributed by atoms with van der Waals surface area (Å²) in [4.78, 5) is 23.4. The molecule has 2 rings (SSSR count). The number of nitrogens with zero attached hydrogens (tertiary/aromatic N) is 6. The number of nitrogens with one attached hydrogen (secondary N) is 1. The summed E-state index contributed by atoms with van der Waals surface area (Å²) < 4.78 is 0. The minimum absolute atomic E-state index is 0.572. The smallest absolute Gasteiger partial charge is 0.230 e. The van der Waals surface area contributed by atoms with E-state index in [9.17, 15) is 0 Å². The van der Waals surface area contributed by atoms with E-state index in [4.69, 9.17) is 0 Å². The molecular weight excluding hydrogens is 254 g/mol. The van der Waals surface area contributed by atoms with Gasteiger partial charge in [-0.3, -0.25) is 0 Å². The first-order chi connectivity index (χ1) is 9.78. The predicted molar refractivity (Wildman–Crippen MR) is 78.6 cm³/mol. The first kappa shape index (κ1) is 14.1. The van der Waals surface area contributed by atoms with Gasteiger partial charge in [0.15, 0.2) is 5.82 Å². The van der Waals surface area contributed by atoms with Crippen LogP contribution in [0.2, 0.25) is 0 Å². The van der Waals surface area contributed by atoms with Gasteiger partial charge in [0.05, 0.1) is 5.56 Å². The molecule has 7 nitrogen and oxygen atoms in total. The monoisotopic (exact) mass is 273 g/mol. The molecule has 0 aromatic carbocycles. The van der Waals surface area contributed by atoms with Crippen LogP contribution in [0.3, 0.4) is 0 Å². The van der Waals surface area contributed by atoms with Gasteiger partial charge in [-0.15, -0.1) is 0 Å². The lowest BCUT2D eigenvalue weighted by molar-refractivity contribution is 0.813. The molecule has 7 heteroatoms. The summed E-state index contributed by atoms with van der Waals surface area (Å²) in [5.41, 5.74) is 0.780. The first-order valence-electron chi connectivity index (χ1n) is 6.78. The van der Waals surface area contributed by atoms with Crippen LogP contribution >= 0.6 is 0 Å². The average Bonchev–Trinajstić information content (AvgIpc) is 2.50. The lowest BCUT2D eigenvalue weighted by atomic mass is 10.3. The van der Waals surface area contributed by atoms with Crippen LogP contribution in [0.15, 0.2) is 18.7 Å². The van der Waals surface area contributed by atoms with Crippen molar-refractivity contribution in [3.8, 4) is 11.4 Å². The van der Waals surface area contributed by atoms with Crippen molar-refractivity contribution in [2.75, 3.05) is 29.9 Å². The summed E-state index contributed by atoms with van der Waals surface area (Å²) in [6.45, 7) is 8.60. The molecule has 20 heavy (non-hydrogen) atoms. The number of anilines is 2. The van der Waals surface area contributed by atoms with Gasteiger partial charge in [-0.2, -0.15) is 15.0 Å². The Bertz CT molecular complexity index is 540. The summed E-state index contributed by atoms with van der Waals surface area (Å²) in [5, 5.41) is 3.13. The Balaban J connectivity index is 2.46. The molecule has 2 aromatic rings. The van der Waals surface area contributed by atoms with Crippen LogP contribution < -0.4 is 10.2 Å². The molecule has 0 aliphatic heterocycles. The van der Waals surface area contributed by atoms with Crippen molar-refractivity contribution in [2.45, 2.75) is 20.8 Å². The fourth-order valence-electron chi connectivity index (χ4n) is 1.79. The van der Waals surface area contributed by atoms with E-state index in [1.54, 1.807) is 12.4 Å². The lowest BCUT2D eigenvalue weighted by Crippen LogP contribution is -2.25. The molecule has 2 heterocycles. The van der Waals surface area contributed by atoms with E-state index in [-0.39, 0.29) is 0 Å². The van der Waals surface area contributed by atoms with Crippen LogP contribution in [0.25, 0.3) is 11.4 Å². The zero-order chi connectivity index (χ0) is 14.4. The van der Waals surface area contributed by atoms with E-state index >= 15 is 0 Å². The van der Waals surface area contributed by atoms with Crippen molar-refractivity contribution >= 4 is 11.9 Å². The Morgan fingerprint density at radius 3 is 2.30 bits per heavy atom. The maximum absolute atomic E-state index is 4.51. The maximum atomic E-state index is 4.51. The highest BCUT2D eigenvalue weighted by atomic mass is 15.3. The largest absolute Gasteiger partial charge is 0.354 e. The number of hydrogen-bond acceptors (Lipinski definition) is 7. The second-order valence-electron chi connectivity index (χ2n) is 4.11. The van der Waals surface area contributed by atoms with E-state index in [2.05, 4.69) is 49.0 Å². The molecule has 0 unspecified atom stereocenters. The lowest BCUT2D eigenvalue weighted by Gasteiger charge is -2.19. The molecule has 0 radical (unpaired) electrons. The van der Waals surface area contributed by atoms with Gasteiger partial charge >= 0.3 is 0 Å². The minimum Gasteiger partial charge on any atom is -0.354 e. The van der Waals surface area contributed by atoms with Crippen LogP contribution in [0, 0.1) is 0 Å². The van der Waals surface area contributed by atoms with E-state index in [1.165, 1.54) is 6.33 Å². The predicted octanol–water partition coefficient (Wildman–Crippen LogP) is 1.61. The topological polar surface area (TPSA) is 79.7 Å². The Hall–Kier alpha value is -2.31. The highest BCUT2D eigenvalue weighted by Crippen LogP contribution is 2.18. The van der Waals surface area contributed by atoms with Crippen molar-refractivity contribution in [1.82, 2.24) is 24.9 Å². The molecule has 106 valence electrons. The third-order valence-corrected chi connectivity index (χ3v) is 2.82. The quantitative estimate of drug-likeness (QED) is 0.856. The van der Waals surface area contributed by atoms with Crippen molar-refractivity contribution in [1.29, 1.82) is 0 Å². The summed E-state index contributed by atoms with van der Waals surface area (Å²) >= 11 is 0. The molecule has 0 aliphatic rings. The molecule has 0 fully saturated rings. The maximum Gasteiger partial charge on any atom is 0.230 e. The second kappa shape index (κ2) is 6.74. The Labute approximate surface area is 118 Å².